The molecule has 0 aromatic heterocycles. The summed E-state index contributed by atoms with van der Waals surface area (Å²) in [4.78, 5) is 4.34. The summed E-state index contributed by atoms with van der Waals surface area (Å²) in [6, 6.07) is 5.39. The molecule has 0 unspecified atom stereocenters. The highest BCUT2D eigenvalue weighted by molar-refractivity contribution is 5.98. The average Bonchev–Trinajstić information content (AvgIpc) is 2.33. The smallest absolute Gasteiger partial charge is 0.128 e. The van der Waals surface area contributed by atoms with Crippen LogP contribution in [0.3, 0.4) is 0 Å². The van der Waals surface area contributed by atoms with Crippen LogP contribution in [0.2, 0.25) is 0 Å². The first-order chi connectivity index (χ1) is 8.08. The molecule has 1 heterocycles. The third kappa shape index (κ3) is 3.05. The molecule has 1 aromatic carbocycles. The van der Waals surface area contributed by atoms with E-state index < -0.39 is 0 Å². The van der Waals surface area contributed by atoms with Gasteiger partial charge < -0.3 is 21.3 Å². The number of hydrogen-bond acceptors (Lipinski definition) is 4. The van der Waals surface area contributed by atoms with Crippen molar-refractivity contribution in [1.82, 2.24) is 9.80 Å². The molecule has 0 amide bonds. The summed E-state index contributed by atoms with van der Waals surface area (Å²) in [5.41, 5.74) is 13.4. The Morgan fingerprint density at radius 1 is 1.11 bits per heavy atom. The lowest BCUT2D eigenvalue weighted by molar-refractivity contribution is 0.215. The normalized spacial score (nSPS) is 16.2. The molecule has 6 heteroatoms. The number of amidine groups is 1. The van der Waals surface area contributed by atoms with Crippen LogP contribution in [0.25, 0.3) is 0 Å². The van der Waals surface area contributed by atoms with E-state index >= 15 is 0 Å². The van der Waals surface area contributed by atoms with E-state index in [1.165, 1.54) is 0 Å². The summed E-state index contributed by atoms with van der Waals surface area (Å²) in [7, 11) is 2.10. The number of piperazine rings is 1. The van der Waals surface area contributed by atoms with Crippen LogP contribution in [0.4, 0.5) is 11.4 Å². The molecule has 0 aliphatic carbocycles. The number of hydrogen-bond donors (Lipinski definition) is 3. The summed E-state index contributed by atoms with van der Waals surface area (Å²) >= 11 is 0. The van der Waals surface area contributed by atoms with Crippen molar-refractivity contribution in [3.8, 4) is 0 Å². The standard InChI is InChI=1S/C12H19N5.ClH/c1-16-4-6-17(7-5-16)12(15)9-2-3-10(13)11(14)8-9;/h2-3,8,15H,4-7,13-14H2,1H3;1H. The fraction of sp³-hybridized carbons (Fsp3) is 0.417. The van der Waals surface area contributed by atoms with Crippen molar-refractivity contribution in [2.75, 3.05) is 44.7 Å². The second-order valence-corrected chi connectivity index (χ2v) is 4.48. The number of nitrogens with one attached hydrogen (secondary N) is 1. The van der Waals surface area contributed by atoms with Crippen molar-refractivity contribution in [3.05, 3.63) is 23.8 Å². The van der Waals surface area contributed by atoms with Gasteiger partial charge in [-0.25, -0.2) is 0 Å². The number of nitrogens with two attached hydrogens (primary N) is 2. The third-order valence-electron chi connectivity index (χ3n) is 3.18. The largest absolute Gasteiger partial charge is 0.397 e. The number of rotatable bonds is 1. The minimum absolute atomic E-state index is 0. The number of nitrogen functional groups attached to an aromatic ring is 2. The molecule has 1 aliphatic heterocycles. The molecule has 1 fully saturated rings. The third-order valence-corrected chi connectivity index (χ3v) is 3.18. The van der Waals surface area contributed by atoms with Gasteiger partial charge in [-0.2, -0.15) is 0 Å². The van der Waals surface area contributed by atoms with E-state index in [-0.39, 0.29) is 12.4 Å². The van der Waals surface area contributed by atoms with Crippen molar-refractivity contribution < 1.29 is 0 Å². The lowest BCUT2D eigenvalue weighted by atomic mass is 10.1. The number of benzene rings is 1. The summed E-state index contributed by atoms with van der Waals surface area (Å²) < 4.78 is 0. The first-order valence-electron chi connectivity index (χ1n) is 5.75. The topological polar surface area (TPSA) is 82.4 Å². The SMILES string of the molecule is CN1CCN(C(=N)c2ccc(N)c(N)c2)CC1.Cl. The predicted octanol–water partition coefficient (Wildman–Crippen LogP) is 0.846. The highest BCUT2D eigenvalue weighted by Gasteiger charge is 2.17. The summed E-state index contributed by atoms with van der Waals surface area (Å²) in [6.07, 6.45) is 0. The van der Waals surface area contributed by atoms with E-state index in [9.17, 15) is 0 Å². The molecular formula is C12H20ClN5. The Balaban J connectivity index is 0.00000162. The van der Waals surface area contributed by atoms with Gasteiger partial charge in [0.25, 0.3) is 0 Å². The van der Waals surface area contributed by atoms with E-state index in [0.717, 1.165) is 31.7 Å². The van der Waals surface area contributed by atoms with Crippen LogP contribution < -0.4 is 11.5 Å². The molecule has 0 spiro atoms. The molecule has 1 aromatic rings. The minimum atomic E-state index is 0. The van der Waals surface area contributed by atoms with E-state index in [1.54, 1.807) is 12.1 Å². The van der Waals surface area contributed by atoms with E-state index in [2.05, 4.69) is 16.8 Å². The molecule has 1 saturated heterocycles. The van der Waals surface area contributed by atoms with Crippen LogP contribution >= 0.6 is 12.4 Å². The van der Waals surface area contributed by atoms with Crippen LogP contribution in [0.5, 0.6) is 0 Å². The maximum Gasteiger partial charge on any atom is 0.128 e. The van der Waals surface area contributed by atoms with Crippen molar-refractivity contribution in [1.29, 1.82) is 5.41 Å². The average molecular weight is 270 g/mol. The molecule has 5 nitrogen and oxygen atoms in total. The zero-order valence-electron chi connectivity index (χ0n) is 10.5. The van der Waals surface area contributed by atoms with Crippen LogP contribution in [-0.4, -0.2) is 48.9 Å². The Morgan fingerprint density at radius 2 is 1.72 bits per heavy atom. The Bertz CT molecular complexity index is 426. The second-order valence-electron chi connectivity index (χ2n) is 4.48. The molecule has 1 aliphatic rings. The highest BCUT2D eigenvalue weighted by Crippen LogP contribution is 2.17. The Hall–Kier alpha value is -1.46. The van der Waals surface area contributed by atoms with E-state index in [4.69, 9.17) is 16.9 Å². The molecule has 0 bridgehead atoms. The van der Waals surface area contributed by atoms with Gasteiger partial charge in [-0.05, 0) is 25.2 Å². The fourth-order valence-electron chi connectivity index (χ4n) is 1.93. The van der Waals surface area contributed by atoms with Gasteiger partial charge in [-0.15, -0.1) is 12.4 Å². The van der Waals surface area contributed by atoms with Crippen LogP contribution in [0.15, 0.2) is 18.2 Å². The number of halogens is 1. The van der Waals surface area contributed by atoms with Gasteiger partial charge in [0, 0.05) is 31.7 Å². The number of nitrogens with zero attached hydrogens (tertiary/aromatic N) is 2. The first-order valence-corrected chi connectivity index (χ1v) is 5.75. The number of likely N-dealkylation sites (N-methyl/N-ethyl adjacent to an activating group) is 1. The van der Waals surface area contributed by atoms with Gasteiger partial charge in [0.05, 0.1) is 11.4 Å². The summed E-state index contributed by atoms with van der Waals surface area (Å²) in [5, 5.41) is 8.17. The number of anilines is 2. The summed E-state index contributed by atoms with van der Waals surface area (Å²) in [6.45, 7) is 3.76. The molecule has 100 valence electrons. The highest BCUT2D eigenvalue weighted by atomic mass is 35.5. The monoisotopic (exact) mass is 269 g/mol. The maximum atomic E-state index is 8.17. The Morgan fingerprint density at radius 3 is 2.28 bits per heavy atom. The molecule has 0 saturated carbocycles. The Labute approximate surface area is 114 Å². The van der Waals surface area contributed by atoms with Crippen LogP contribution in [-0.2, 0) is 0 Å². The van der Waals surface area contributed by atoms with Gasteiger partial charge >= 0.3 is 0 Å². The lowest BCUT2D eigenvalue weighted by Crippen LogP contribution is -2.47. The zero-order chi connectivity index (χ0) is 12.4. The second kappa shape index (κ2) is 5.93. The van der Waals surface area contributed by atoms with Gasteiger partial charge in [-0.1, -0.05) is 0 Å². The molecule has 0 atom stereocenters. The van der Waals surface area contributed by atoms with Crippen LogP contribution in [0, 0.1) is 5.41 Å². The minimum Gasteiger partial charge on any atom is -0.397 e. The van der Waals surface area contributed by atoms with Gasteiger partial charge in [0.15, 0.2) is 0 Å². The zero-order valence-corrected chi connectivity index (χ0v) is 11.3. The van der Waals surface area contributed by atoms with Crippen molar-refractivity contribution >= 4 is 29.6 Å². The molecule has 18 heavy (non-hydrogen) atoms. The Kier molecular flexibility index (Phi) is 4.81. The van der Waals surface area contributed by atoms with Crippen molar-refractivity contribution in [2.24, 2.45) is 0 Å². The van der Waals surface area contributed by atoms with Gasteiger partial charge in [0.2, 0.25) is 0 Å². The van der Waals surface area contributed by atoms with Gasteiger partial charge in [-0.3, -0.25) is 5.41 Å². The van der Waals surface area contributed by atoms with Crippen molar-refractivity contribution in [3.63, 3.8) is 0 Å². The predicted molar refractivity (Wildman–Crippen MR) is 78.4 cm³/mol. The quantitative estimate of drug-likeness (QED) is 0.401. The summed E-state index contributed by atoms with van der Waals surface area (Å²) in [5.74, 6) is 0.532. The maximum absolute atomic E-state index is 8.17. The van der Waals surface area contributed by atoms with Crippen molar-refractivity contribution in [2.45, 2.75) is 0 Å². The molecule has 0 radical (unpaired) electrons. The van der Waals surface area contributed by atoms with Crippen LogP contribution in [0.1, 0.15) is 5.56 Å². The van der Waals surface area contributed by atoms with E-state index in [1.807, 2.05) is 6.07 Å². The molecular weight excluding hydrogens is 250 g/mol. The lowest BCUT2D eigenvalue weighted by Gasteiger charge is -2.34. The molecule has 5 N–H and O–H groups in total. The van der Waals surface area contributed by atoms with Gasteiger partial charge in [0.1, 0.15) is 5.84 Å². The van der Waals surface area contributed by atoms with E-state index in [0.29, 0.717) is 17.2 Å². The fourth-order valence-corrected chi connectivity index (χ4v) is 1.93. The first kappa shape index (κ1) is 14.6. The molecule has 2 rings (SSSR count).